The number of fused-ring (bicyclic) bond motifs is 3. The molecule has 0 saturated heterocycles. The fraction of sp³-hybridized carbons (Fsp3) is 0.217. The van der Waals surface area contributed by atoms with E-state index < -0.39 is 0 Å². The first-order valence-corrected chi connectivity index (χ1v) is 8.58. The number of benzene rings is 2. The van der Waals surface area contributed by atoms with Crippen molar-refractivity contribution in [1.82, 2.24) is 4.57 Å². The summed E-state index contributed by atoms with van der Waals surface area (Å²) in [4.78, 5) is 0. The lowest BCUT2D eigenvalue weighted by Gasteiger charge is -2.17. The standard InChI is InChI=1S/C23H25N/c1-6-8-13-22(16(3)4)24-17(5)19(7-2)21-15-14-18-11-9-10-12-20(18)23(21)24/h6-16H,2H2,1,3-5H3/b8-6-,22-13+. The van der Waals surface area contributed by atoms with E-state index in [-0.39, 0.29) is 0 Å². The third-order valence-corrected chi connectivity index (χ3v) is 4.65. The lowest BCUT2D eigenvalue weighted by molar-refractivity contribution is 0.793. The van der Waals surface area contributed by atoms with Gasteiger partial charge in [-0.15, -0.1) is 0 Å². The van der Waals surface area contributed by atoms with Gasteiger partial charge in [-0.2, -0.15) is 0 Å². The molecule has 0 amide bonds. The predicted molar refractivity (Wildman–Crippen MR) is 108 cm³/mol. The van der Waals surface area contributed by atoms with Crippen LogP contribution < -0.4 is 0 Å². The Morgan fingerprint density at radius 1 is 1.08 bits per heavy atom. The highest BCUT2D eigenvalue weighted by molar-refractivity contribution is 6.10. The second-order valence-electron chi connectivity index (χ2n) is 6.49. The van der Waals surface area contributed by atoms with Gasteiger partial charge >= 0.3 is 0 Å². The highest BCUT2D eigenvalue weighted by Gasteiger charge is 2.18. The molecule has 0 unspecified atom stereocenters. The fourth-order valence-electron chi connectivity index (χ4n) is 3.50. The van der Waals surface area contributed by atoms with E-state index in [1.165, 1.54) is 38.6 Å². The molecule has 3 aromatic rings. The monoisotopic (exact) mass is 315 g/mol. The molecule has 0 bridgehead atoms. The van der Waals surface area contributed by atoms with E-state index in [0.717, 1.165) is 0 Å². The van der Waals surface area contributed by atoms with Crippen molar-refractivity contribution in [2.24, 2.45) is 5.92 Å². The molecule has 1 nitrogen and oxygen atoms in total. The minimum atomic E-state index is 0.423. The molecule has 0 aliphatic carbocycles. The first kappa shape index (κ1) is 16.3. The maximum absolute atomic E-state index is 4.05. The summed E-state index contributed by atoms with van der Waals surface area (Å²) in [6.45, 7) is 12.8. The Morgan fingerprint density at radius 3 is 2.50 bits per heavy atom. The van der Waals surface area contributed by atoms with Crippen LogP contribution in [0.5, 0.6) is 0 Å². The summed E-state index contributed by atoms with van der Waals surface area (Å²) in [7, 11) is 0. The van der Waals surface area contributed by atoms with Crippen LogP contribution in [0.25, 0.3) is 33.4 Å². The van der Waals surface area contributed by atoms with E-state index in [9.17, 15) is 0 Å². The van der Waals surface area contributed by atoms with Crippen LogP contribution in [0.15, 0.2) is 61.2 Å². The van der Waals surface area contributed by atoms with Crippen molar-refractivity contribution in [2.75, 3.05) is 0 Å². The Morgan fingerprint density at radius 2 is 1.83 bits per heavy atom. The topological polar surface area (TPSA) is 4.93 Å². The van der Waals surface area contributed by atoms with Gasteiger partial charge in [-0.3, -0.25) is 0 Å². The summed E-state index contributed by atoms with van der Waals surface area (Å²) in [5.74, 6) is 0.423. The molecule has 0 atom stereocenters. The van der Waals surface area contributed by atoms with Crippen molar-refractivity contribution in [3.05, 3.63) is 72.5 Å². The summed E-state index contributed by atoms with van der Waals surface area (Å²) >= 11 is 0. The van der Waals surface area contributed by atoms with Gasteiger partial charge in [-0.05, 0) is 31.2 Å². The minimum absolute atomic E-state index is 0.423. The van der Waals surface area contributed by atoms with Crippen molar-refractivity contribution in [1.29, 1.82) is 0 Å². The second-order valence-corrected chi connectivity index (χ2v) is 6.49. The molecule has 2 aromatic carbocycles. The number of allylic oxidation sites excluding steroid dienone is 4. The van der Waals surface area contributed by atoms with E-state index in [1.807, 2.05) is 6.08 Å². The lowest BCUT2D eigenvalue weighted by atomic mass is 10.0. The largest absolute Gasteiger partial charge is 0.316 e. The van der Waals surface area contributed by atoms with Gasteiger partial charge in [0.15, 0.2) is 0 Å². The third kappa shape index (κ3) is 2.50. The first-order valence-electron chi connectivity index (χ1n) is 8.58. The minimum Gasteiger partial charge on any atom is -0.316 e. The van der Waals surface area contributed by atoms with Crippen molar-refractivity contribution in [2.45, 2.75) is 27.7 Å². The van der Waals surface area contributed by atoms with Crippen molar-refractivity contribution >= 4 is 33.4 Å². The van der Waals surface area contributed by atoms with Crippen molar-refractivity contribution < 1.29 is 0 Å². The van der Waals surface area contributed by atoms with Crippen LogP contribution in [0.2, 0.25) is 0 Å². The summed E-state index contributed by atoms with van der Waals surface area (Å²) in [6.07, 6.45) is 8.41. The number of nitrogens with zero attached hydrogens (tertiary/aromatic N) is 1. The SMILES string of the molecule is C=Cc1c(C)n(/C(=C/C=C\C)C(C)C)c2c1ccc1ccccc12. The lowest BCUT2D eigenvalue weighted by Crippen LogP contribution is -2.05. The quantitative estimate of drug-likeness (QED) is 0.465. The predicted octanol–water partition coefficient (Wildman–Crippen LogP) is 6.82. The van der Waals surface area contributed by atoms with E-state index >= 15 is 0 Å². The maximum atomic E-state index is 4.05. The number of hydrogen-bond donors (Lipinski definition) is 0. The van der Waals surface area contributed by atoms with Gasteiger partial charge in [0, 0.05) is 27.7 Å². The number of aromatic nitrogens is 1. The summed E-state index contributed by atoms with van der Waals surface area (Å²) in [6, 6.07) is 13.0. The van der Waals surface area contributed by atoms with Crippen LogP contribution in [0.4, 0.5) is 0 Å². The van der Waals surface area contributed by atoms with E-state index in [2.05, 4.69) is 93.5 Å². The molecule has 0 N–H and O–H groups in total. The molecule has 0 radical (unpaired) electrons. The fourth-order valence-corrected chi connectivity index (χ4v) is 3.50. The van der Waals surface area contributed by atoms with Crippen LogP contribution in [0.1, 0.15) is 32.0 Å². The average Bonchev–Trinajstić information content (AvgIpc) is 2.87. The first-order chi connectivity index (χ1) is 11.6. The average molecular weight is 315 g/mol. The molecular weight excluding hydrogens is 290 g/mol. The number of rotatable bonds is 4. The zero-order valence-corrected chi connectivity index (χ0v) is 15.0. The van der Waals surface area contributed by atoms with Crippen LogP contribution in [-0.2, 0) is 0 Å². The maximum Gasteiger partial charge on any atom is 0.0612 e. The summed E-state index contributed by atoms with van der Waals surface area (Å²) in [5, 5.41) is 3.83. The van der Waals surface area contributed by atoms with Crippen molar-refractivity contribution in [3.8, 4) is 0 Å². The Kier molecular flexibility index (Phi) is 4.44. The van der Waals surface area contributed by atoms with Crippen LogP contribution >= 0.6 is 0 Å². The molecule has 1 heteroatoms. The molecule has 0 aliphatic rings. The van der Waals surface area contributed by atoms with Gasteiger partial charge in [-0.1, -0.05) is 75.1 Å². The molecule has 0 fully saturated rings. The molecule has 3 rings (SSSR count). The molecule has 0 aliphatic heterocycles. The third-order valence-electron chi connectivity index (χ3n) is 4.65. The second kappa shape index (κ2) is 6.52. The summed E-state index contributed by atoms with van der Waals surface area (Å²) in [5.41, 5.74) is 5.06. The Bertz CT molecular complexity index is 965. The van der Waals surface area contributed by atoms with Crippen LogP contribution in [0.3, 0.4) is 0 Å². The molecular formula is C23H25N. The van der Waals surface area contributed by atoms with Crippen molar-refractivity contribution in [3.63, 3.8) is 0 Å². The normalized spacial score (nSPS) is 12.8. The Balaban J connectivity index is 2.52. The molecule has 0 spiro atoms. The van der Waals surface area contributed by atoms with Crippen LogP contribution in [-0.4, -0.2) is 4.57 Å². The molecule has 0 saturated carbocycles. The van der Waals surface area contributed by atoms with Gasteiger partial charge in [0.25, 0.3) is 0 Å². The molecule has 122 valence electrons. The van der Waals surface area contributed by atoms with Crippen LogP contribution in [0, 0.1) is 12.8 Å². The Hall–Kier alpha value is -2.54. The van der Waals surface area contributed by atoms with Gasteiger partial charge in [0.2, 0.25) is 0 Å². The van der Waals surface area contributed by atoms with E-state index in [1.54, 1.807) is 0 Å². The molecule has 24 heavy (non-hydrogen) atoms. The zero-order chi connectivity index (χ0) is 17.3. The van der Waals surface area contributed by atoms with Gasteiger partial charge in [-0.25, -0.2) is 0 Å². The smallest absolute Gasteiger partial charge is 0.0612 e. The Labute approximate surface area is 144 Å². The van der Waals surface area contributed by atoms with Gasteiger partial charge in [0.1, 0.15) is 0 Å². The van der Waals surface area contributed by atoms with E-state index in [4.69, 9.17) is 0 Å². The molecule has 1 heterocycles. The number of hydrogen-bond acceptors (Lipinski definition) is 0. The highest BCUT2D eigenvalue weighted by Crippen LogP contribution is 2.36. The van der Waals surface area contributed by atoms with E-state index in [0.29, 0.717) is 5.92 Å². The highest BCUT2D eigenvalue weighted by atomic mass is 15.0. The molecule has 1 aromatic heterocycles. The van der Waals surface area contributed by atoms with Gasteiger partial charge < -0.3 is 4.57 Å². The van der Waals surface area contributed by atoms with Gasteiger partial charge in [0.05, 0.1) is 5.52 Å². The summed E-state index contributed by atoms with van der Waals surface area (Å²) < 4.78 is 2.42. The zero-order valence-electron chi connectivity index (χ0n) is 15.0.